The Labute approximate surface area is 109 Å². The zero-order valence-electron chi connectivity index (χ0n) is 12.0. The fourth-order valence-electron chi connectivity index (χ4n) is 2.27. The molecule has 0 heterocycles. The maximum absolute atomic E-state index is 6.34. The van der Waals surface area contributed by atoms with Gasteiger partial charge >= 0.3 is 0 Å². The van der Waals surface area contributed by atoms with Gasteiger partial charge in [-0.25, -0.2) is 0 Å². The average Bonchev–Trinajstić information content (AvgIpc) is 3.05. The standard InChI is InChI=1S/C15H23NO2/c1-14(2,3)11-8-10(17-4)9-12(13(11)18-5)15(16)6-7-15/h8-9H,6-7,16H2,1-5H3. The number of methoxy groups -OCH3 is 2. The second kappa shape index (κ2) is 4.16. The van der Waals surface area contributed by atoms with Gasteiger partial charge in [-0.15, -0.1) is 0 Å². The van der Waals surface area contributed by atoms with Crippen LogP contribution in [0.4, 0.5) is 0 Å². The molecule has 1 saturated carbocycles. The van der Waals surface area contributed by atoms with Crippen LogP contribution in [0.2, 0.25) is 0 Å². The summed E-state index contributed by atoms with van der Waals surface area (Å²) in [6.45, 7) is 6.51. The highest BCUT2D eigenvalue weighted by Gasteiger charge is 2.43. The van der Waals surface area contributed by atoms with Gasteiger partial charge in [0.15, 0.2) is 0 Å². The molecule has 1 aromatic rings. The van der Waals surface area contributed by atoms with E-state index >= 15 is 0 Å². The molecule has 0 radical (unpaired) electrons. The van der Waals surface area contributed by atoms with Crippen LogP contribution >= 0.6 is 0 Å². The van der Waals surface area contributed by atoms with E-state index in [0.29, 0.717) is 0 Å². The first-order valence-electron chi connectivity index (χ1n) is 6.38. The summed E-state index contributed by atoms with van der Waals surface area (Å²) in [4.78, 5) is 0. The van der Waals surface area contributed by atoms with E-state index in [2.05, 4.69) is 20.8 Å². The van der Waals surface area contributed by atoms with Crippen molar-refractivity contribution < 1.29 is 9.47 Å². The van der Waals surface area contributed by atoms with Crippen LogP contribution in [0.3, 0.4) is 0 Å². The molecule has 2 rings (SSSR count). The number of rotatable bonds is 3. The monoisotopic (exact) mass is 249 g/mol. The molecule has 0 amide bonds. The van der Waals surface area contributed by atoms with Crippen LogP contribution in [0, 0.1) is 0 Å². The number of ether oxygens (including phenoxy) is 2. The summed E-state index contributed by atoms with van der Waals surface area (Å²) in [5.74, 6) is 1.77. The number of nitrogens with two attached hydrogens (primary N) is 1. The fourth-order valence-corrected chi connectivity index (χ4v) is 2.27. The molecule has 1 fully saturated rings. The lowest BCUT2D eigenvalue weighted by Crippen LogP contribution is -2.22. The Kier molecular flexibility index (Phi) is 3.06. The largest absolute Gasteiger partial charge is 0.497 e. The van der Waals surface area contributed by atoms with Crippen molar-refractivity contribution in [3.8, 4) is 11.5 Å². The second-order valence-electron chi connectivity index (χ2n) is 6.16. The third-order valence-corrected chi connectivity index (χ3v) is 3.64. The molecule has 0 unspecified atom stereocenters. The van der Waals surface area contributed by atoms with Crippen LogP contribution in [0.15, 0.2) is 12.1 Å². The molecule has 0 aliphatic heterocycles. The summed E-state index contributed by atoms with van der Waals surface area (Å²) in [5.41, 5.74) is 8.35. The van der Waals surface area contributed by atoms with Gasteiger partial charge in [-0.3, -0.25) is 0 Å². The van der Waals surface area contributed by atoms with E-state index in [4.69, 9.17) is 15.2 Å². The Morgan fingerprint density at radius 2 is 1.72 bits per heavy atom. The summed E-state index contributed by atoms with van der Waals surface area (Å²) in [5, 5.41) is 0. The van der Waals surface area contributed by atoms with E-state index in [1.165, 1.54) is 0 Å². The van der Waals surface area contributed by atoms with Crippen molar-refractivity contribution in [2.24, 2.45) is 5.73 Å². The second-order valence-corrected chi connectivity index (χ2v) is 6.16. The Hall–Kier alpha value is -1.22. The molecule has 0 saturated heterocycles. The van der Waals surface area contributed by atoms with E-state index in [1.54, 1.807) is 14.2 Å². The average molecular weight is 249 g/mol. The highest BCUT2D eigenvalue weighted by Crippen LogP contribution is 2.50. The predicted octanol–water partition coefficient (Wildman–Crippen LogP) is 2.95. The van der Waals surface area contributed by atoms with Crippen LogP contribution in [0.5, 0.6) is 11.5 Å². The highest BCUT2D eigenvalue weighted by atomic mass is 16.5. The minimum absolute atomic E-state index is 0.000116. The van der Waals surface area contributed by atoms with Gasteiger partial charge in [0.1, 0.15) is 11.5 Å². The fraction of sp³-hybridized carbons (Fsp3) is 0.600. The molecule has 0 atom stereocenters. The highest BCUT2D eigenvalue weighted by molar-refractivity contribution is 5.54. The first-order valence-corrected chi connectivity index (χ1v) is 6.38. The lowest BCUT2D eigenvalue weighted by atomic mass is 9.83. The van der Waals surface area contributed by atoms with Crippen LogP contribution in [0.1, 0.15) is 44.7 Å². The third-order valence-electron chi connectivity index (χ3n) is 3.64. The SMILES string of the molecule is COc1cc(C(C)(C)C)c(OC)c(C2(N)CC2)c1. The van der Waals surface area contributed by atoms with Crippen molar-refractivity contribution in [1.82, 2.24) is 0 Å². The summed E-state index contributed by atoms with van der Waals surface area (Å²) in [6, 6.07) is 4.06. The molecule has 2 N–H and O–H groups in total. The molecule has 18 heavy (non-hydrogen) atoms. The van der Waals surface area contributed by atoms with Crippen LogP contribution in [-0.2, 0) is 11.0 Å². The molecule has 1 aliphatic carbocycles. The molecule has 0 spiro atoms. The molecule has 0 bridgehead atoms. The van der Waals surface area contributed by atoms with Crippen molar-refractivity contribution in [2.75, 3.05) is 14.2 Å². The van der Waals surface area contributed by atoms with Crippen molar-refractivity contribution in [3.05, 3.63) is 23.3 Å². The van der Waals surface area contributed by atoms with Gasteiger partial charge in [0.25, 0.3) is 0 Å². The molecule has 100 valence electrons. The summed E-state index contributed by atoms with van der Waals surface area (Å²) in [6.07, 6.45) is 2.03. The van der Waals surface area contributed by atoms with E-state index in [9.17, 15) is 0 Å². The van der Waals surface area contributed by atoms with Gasteiger partial charge in [0.05, 0.1) is 14.2 Å². The number of benzene rings is 1. The van der Waals surface area contributed by atoms with Gasteiger partial charge in [0.2, 0.25) is 0 Å². The van der Waals surface area contributed by atoms with Crippen molar-refractivity contribution in [2.45, 2.75) is 44.6 Å². The van der Waals surface area contributed by atoms with Crippen LogP contribution < -0.4 is 15.2 Å². The van der Waals surface area contributed by atoms with Crippen molar-refractivity contribution >= 4 is 0 Å². The lowest BCUT2D eigenvalue weighted by Gasteiger charge is -2.26. The molecule has 3 nitrogen and oxygen atoms in total. The molecular weight excluding hydrogens is 226 g/mol. The summed E-state index contributed by atoms with van der Waals surface area (Å²) >= 11 is 0. The number of hydrogen-bond acceptors (Lipinski definition) is 3. The Balaban J connectivity index is 2.65. The zero-order chi connectivity index (χ0) is 13.6. The zero-order valence-corrected chi connectivity index (χ0v) is 12.0. The molecule has 3 heteroatoms. The van der Waals surface area contributed by atoms with E-state index in [0.717, 1.165) is 35.5 Å². The third kappa shape index (κ3) is 2.19. The topological polar surface area (TPSA) is 44.5 Å². The smallest absolute Gasteiger partial charge is 0.127 e. The minimum Gasteiger partial charge on any atom is -0.497 e. The van der Waals surface area contributed by atoms with Crippen LogP contribution in [0.25, 0.3) is 0 Å². The van der Waals surface area contributed by atoms with Gasteiger partial charge in [-0.2, -0.15) is 0 Å². The van der Waals surface area contributed by atoms with E-state index in [-0.39, 0.29) is 11.0 Å². The number of hydrogen-bond donors (Lipinski definition) is 1. The lowest BCUT2D eigenvalue weighted by molar-refractivity contribution is 0.378. The predicted molar refractivity (Wildman–Crippen MR) is 73.3 cm³/mol. The Morgan fingerprint density at radius 3 is 2.11 bits per heavy atom. The molecular formula is C15H23NO2. The van der Waals surface area contributed by atoms with Crippen LogP contribution in [-0.4, -0.2) is 14.2 Å². The maximum atomic E-state index is 6.34. The van der Waals surface area contributed by atoms with E-state index in [1.807, 2.05) is 12.1 Å². The van der Waals surface area contributed by atoms with Gasteiger partial charge in [-0.1, -0.05) is 20.8 Å². The molecule has 0 aromatic heterocycles. The Bertz CT molecular complexity index is 430. The first kappa shape index (κ1) is 13.2. The van der Waals surface area contributed by atoms with Gasteiger partial charge < -0.3 is 15.2 Å². The van der Waals surface area contributed by atoms with Crippen molar-refractivity contribution in [3.63, 3.8) is 0 Å². The Morgan fingerprint density at radius 1 is 1.11 bits per heavy atom. The summed E-state index contributed by atoms with van der Waals surface area (Å²) in [7, 11) is 3.40. The maximum Gasteiger partial charge on any atom is 0.127 e. The quantitative estimate of drug-likeness (QED) is 0.895. The van der Waals surface area contributed by atoms with Gasteiger partial charge in [0, 0.05) is 16.7 Å². The minimum atomic E-state index is -0.222. The molecule has 1 aromatic carbocycles. The van der Waals surface area contributed by atoms with Crippen molar-refractivity contribution in [1.29, 1.82) is 0 Å². The van der Waals surface area contributed by atoms with Gasteiger partial charge in [-0.05, 0) is 30.4 Å². The summed E-state index contributed by atoms with van der Waals surface area (Å²) < 4.78 is 11.0. The first-order chi connectivity index (χ1) is 8.31. The molecule has 1 aliphatic rings. The normalized spacial score (nSPS) is 17.4. The van der Waals surface area contributed by atoms with E-state index < -0.39 is 0 Å².